The van der Waals surface area contributed by atoms with E-state index >= 15 is 0 Å². The minimum atomic E-state index is -0.508. The van der Waals surface area contributed by atoms with Crippen molar-refractivity contribution >= 4 is 40.5 Å². The van der Waals surface area contributed by atoms with Crippen molar-refractivity contribution in [2.24, 2.45) is 0 Å². The molecule has 0 aliphatic carbocycles. The zero-order valence-electron chi connectivity index (χ0n) is 14.3. The lowest BCUT2D eigenvalue weighted by Gasteiger charge is -2.11. The number of hydrogen-bond acceptors (Lipinski definition) is 3. The van der Waals surface area contributed by atoms with Crippen molar-refractivity contribution in [1.29, 1.82) is 0 Å². The molecule has 0 saturated carbocycles. The van der Waals surface area contributed by atoms with Crippen LogP contribution in [-0.4, -0.2) is 16.9 Å². The zero-order chi connectivity index (χ0) is 18.9. The van der Waals surface area contributed by atoms with Crippen LogP contribution in [0.2, 0.25) is 0 Å². The van der Waals surface area contributed by atoms with Gasteiger partial charge in [-0.05, 0) is 55.0 Å². The average molecular weight is 373 g/mol. The molecule has 2 rings (SSSR count). The van der Waals surface area contributed by atoms with E-state index in [1.165, 1.54) is 18.2 Å². The minimum absolute atomic E-state index is 0.0500. The standard InChI is InChI=1S/C19H20FN3O2S/c1-2-3-10-17(24)21-15-8-5-9-16(12-15)22-19(26)23-18(25)13-6-4-7-14(20)11-13/h4-9,11-12H,2-3,10H2,1H3,(H,21,24)(H2,22,23,25,26). The second kappa shape index (κ2) is 9.62. The Hall–Kier alpha value is -2.80. The largest absolute Gasteiger partial charge is 0.332 e. The first kappa shape index (κ1) is 19.5. The molecule has 2 aromatic carbocycles. The molecule has 0 heterocycles. The predicted octanol–water partition coefficient (Wildman–Crippen LogP) is 4.08. The Labute approximate surface area is 157 Å². The van der Waals surface area contributed by atoms with Crippen LogP contribution in [0.15, 0.2) is 48.5 Å². The van der Waals surface area contributed by atoms with Crippen LogP contribution in [0.5, 0.6) is 0 Å². The normalized spacial score (nSPS) is 10.1. The van der Waals surface area contributed by atoms with Crippen molar-refractivity contribution in [3.63, 3.8) is 0 Å². The summed E-state index contributed by atoms with van der Waals surface area (Å²) in [7, 11) is 0. The van der Waals surface area contributed by atoms with Crippen molar-refractivity contribution in [3.05, 3.63) is 59.9 Å². The monoisotopic (exact) mass is 373 g/mol. The van der Waals surface area contributed by atoms with E-state index in [-0.39, 0.29) is 16.6 Å². The quantitative estimate of drug-likeness (QED) is 0.667. The summed E-state index contributed by atoms with van der Waals surface area (Å²) in [5.74, 6) is -1.06. The van der Waals surface area contributed by atoms with Gasteiger partial charge in [-0.1, -0.05) is 25.5 Å². The molecule has 26 heavy (non-hydrogen) atoms. The number of anilines is 2. The average Bonchev–Trinajstić information content (AvgIpc) is 2.60. The van der Waals surface area contributed by atoms with Gasteiger partial charge in [0.1, 0.15) is 5.82 Å². The molecule has 0 bridgehead atoms. The number of unbranched alkanes of at least 4 members (excludes halogenated alkanes) is 1. The highest BCUT2D eigenvalue weighted by atomic mass is 32.1. The lowest BCUT2D eigenvalue weighted by molar-refractivity contribution is -0.116. The van der Waals surface area contributed by atoms with E-state index in [1.807, 2.05) is 6.92 Å². The Kier molecular flexibility index (Phi) is 7.23. The van der Waals surface area contributed by atoms with Crippen LogP contribution in [0, 0.1) is 5.82 Å². The van der Waals surface area contributed by atoms with Gasteiger partial charge in [0.15, 0.2) is 5.11 Å². The van der Waals surface area contributed by atoms with E-state index in [0.717, 1.165) is 18.9 Å². The van der Waals surface area contributed by atoms with Crippen LogP contribution in [-0.2, 0) is 4.79 Å². The molecule has 0 saturated heterocycles. The topological polar surface area (TPSA) is 70.2 Å². The van der Waals surface area contributed by atoms with Gasteiger partial charge in [0.05, 0.1) is 0 Å². The number of rotatable bonds is 6. The molecule has 0 fully saturated rings. The summed E-state index contributed by atoms with van der Waals surface area (Å²) in [5, 5.41) is 8.25. The van der Waals surface area contributed by atoms with E-state index in [9.17, 15) is 14.0 Å². The van der Waals surface area contributed by atoms with Gasteiger partial charge >= 0.3 is 0 Å². The number of nitrogens with one attached hydrogen (secondary N) is 3. The summed E-state index contributed by atoms with van der Waals surface area (Å²) in [4.78, 5) is 23.8. The summed E-state index contributed by atoms with van der Waals surface area (Å²) in [6.45, 7) is 2.02. The molecule has 0 aromatic heterocycles. The Morgan fingerprint density at radius 2 is 1.73 bits per heavy atom. The van der Waals surface area contributed by atoms with Gasteiger partial charge in [-0.15, -0.1) is 0 Å². The Morgan fingerprint density at radius 3 is 2.42 bits per heavy atom. The van der Waals surface area contributed by atoms with Gasteiger partial charge in [0, 0.05) is 23.4 Å². The van der Waals surface area contributed by atoms with Crippen LogP contribution < -0.4 is 16.0 Å². The van der Waals surface area contributed by atoms with Crippen LogP contribution in [0.3, 0.4) is 0 Å². The SMILES string of the molecule is CCCCC(=O)Nc1cccc(NC(=S)NC(=O)c2cccc(F)c2)c1. The highest BCUT2D eigenvalue weighted by molar-refractivity contribution is 7.80. The molecule has 7 heteroatoms. The Bertz CT molecular complexity index is 811. The third kappa shape index (κ3) is 6.25. The summed E-state index contributed by atoms with van der Waals surface area (Å²) < 4.78 is 13.2. The first-order valence-corrected chi connectivity index (χ1v) is 8.66. The van der Waals surface area contributed by atoms with E-state index in [2.05, 4.69) is 16.0 Å². The van der Waals surface area contributed by atoms with Crippen LogP contribution >= 0.6 is 12.2 Å². The van der Waals surface area contributed by atoms with E-state index < -0.39 is 11.7 Å². The number of halogens is 1. The van der Waals surface area contributed by atoms with Crippen molar-refractivity contribution in [1.82, 2.24) is 5.32 Å². The molecule has 3 N–H and O–H groups in total. The van der Waals surface area contributed by atoms with Gasteiger partial charge in [-0.3, -0.25) is 14.9 Å². The summed E-state index contributed by atoms with van der Waals surface area (Å²) in [6, 6.07) is 12.3. The number of carbonyl (C=O) groups is 2. The molecule has 0 aliphatic rings. The number of hydrogen-bond donors (Lipinski definition) is 3. The third-order valence-corrected chi connectivity index (χ3v) is 3.68. The van der Waals surface area contributed by atoms with Crippen molar-refractivity contribution in [3.8, 4) is 0 Å². The summed E-state index contributed by atoms with van der Waals surface area (Å²) >= 11 is 5.11. The van der Waals surface area contributed by atoms with Crippen LogP contribution in [0.1, 0.15) is 36.5 Å². The van der Waals surface area contributed by atoms with Crippen LogP contribution in [0.4, 0.5) is 15.8 Å². The number of benzene rings is 2. The molecule has 0 aliphatic heterocycles. The molecular formula is C19H20FN3O2S. The number of carbonyl (C=O) groups excluding carboxylic acids is 2. The van der Waals surface area contributed by atoms with Gasteiger partial charge in [0.25, 0.3) is 5.91 Å². The second-order valence-electron chi connectivity index (χ2n) is 5.65. The molecular weight excluding hydrogens is 353 g/mol. The maximum absolute atomic E-state index is 13.2. The van der Waals surface area contributed by atoms with Gasteiger partial charge in [0.2, 0.25) is 5.91 Å². The third-order valence-electron chi connectivity index (χ3n) is 3.48. The predicted molar refractivity (Wildman–Crippen MR) is 105 cm³/mol. The molecule has 136 valence electrons. The van der Waals surface area contributed by atoms with Gasteiger partial charge in [-0.2, -0.15) is 0 Å². The second-order valence-corrected chi connectivity index (χ2v) is 6.06. The smallest absolute Gasteiger partial charge is 0.257 e. The minimum Gasteiger partial charge on any atom is -0.332 e. The summed E-state index contributed by atoms with van der Waals surface area (Å²) in [5.41, 5.74) is 1.42. The fraction of sp³-hybridized carbons (Fsp3) is 0.211. The van der Waals surface area contributed by atoms with E-state index in [1.54, 1.807) is 24.3 Å². The van der Waals surface area contributed by atoms with E-state index in [4.69, 9.17) is 12.2 Å². The first-order valence-electron chi connectivity index (χ1n) is 8.25. The van der Waals surface area contributed by atoms with Crippen molar-refractivity contribution < 1.29 is 14.0 Å². The molecule has 2 aromatic rings. The maximum Gasteiger partial charge on any atom is 0.257 e. The molecule has 5 nitrogen and oxygen atoms in total. The fourth-order valence-electron chi connectivity index (χ4n) is 2.20. The van der Waals surface area contributed by atoms with E-state index in [0.29, 0.717) is 17.8 Å². The molecule has 0 spiro atoms. The first-order chi connectivity index (χ1) is 12.5. The molecule has 2 amide bonds. The highest BCUT2D eigenvalue weighted by Gasteiger charge is 2.09. The maximum atomic E-state index is 13.2. The lowest BCUT2D eigenvalue weighted by Crippen LogP contribution is -2.34. The number of thiocarbonyl (C=S) groups is 1. The fourth-order valence-corrected chi connectivity index (χ4v) is 2.41. The Balaban J connectivity index is 1.93. The van der Waals surface area contributed by atoms with Gasteiger partial charge in [-0.25, -0.2) is 4.39 Å². The molecule has 0 unspecified atom stereocenters. The van der Waals surface area contributed by atoms with Crippen molar-refractivity contribution in [2.75, 3.05) is 10.6 Å². The highest BCUT2D eigenvalue weighted by Crippen LogP contribution is 2.15. The lowest BCUT2D eigenvalue weighted by atomic mass is 10.2. The summed E-state index contributed by atoms with van der Waals surface area (Å²) in [6.07, 6.45) is 2.25. The van der Waals surface area contributed by atoms with Gasteiger partial charge < -0.3 is 10.6 Å². The molecule has 0 atom stereocenters. The zero-order valence-corrected chi connectivity index (χ0v) is 15.2. The van der Waals surface area contributed by atoms with Crippen LogP contribution in [0.25, 0.3) is 0 Å². The number of amides is 2. The Morgan fingerprint density at radius 1 is 1.04 bits per heavy atom. The van der Waals surface area contributed by atoms with Crippen molar-refractivity contribution in [2.45, 2.75) is 26.2 Å². The molecule has 0 radical (unpaired) electrons.